The molecule has 1 N–H and O–H groups in total. The van der Waals surface area contributed by atoms with Crippen LogP contribution in [0.5, 0.6) is 0 Å². The molecular weight excluding hydrogens is 240 g/mol. The van der Waals surface area contributed by atoms with E-state index in [9.17, 15) is 4.79 Å². The summed E-state index contributed by atoms with van der Waals surface area (Å²) in [6.07, 6.45) is 1.66. The number of hydrogen-bond donors (Lipinski definition) is 1. The van der Waals surface area contributed by atoms with Gasteiger partial charge in [0.25, 0.3) is 0 Å². The lowest BCUT2D eigenvalue weighted by Gasteiger charge is -2.17. The van der Waals surface area contributed by atoms with E-state index in [1.54, 1.807) is 30.3 Å². The SMILES string of the molecule is CN(CC(=O)O)c1nccc2ccc(Cl)cc12. The van der Waals surface area contributed by atoms with Crippen molar-refractivity contribution in [3.63, 3.8) is 0 Å². The predicted octanol–water partition coefficient (Wildman–Crippen LogP) is 2.41. The normalized spacial score (nSPS) is 10.5. The van der Waals surface area contributed by atoms with Crippen molar-refractivity contribution in [2.24, 2.45) is 0 Å². The molecule has 0 spiro atoms. The van der Waals surface area contributed by atoms with E-state index in [1.807, 2.05) is 12.1 Å². The van der Waals surface area contributed by atoms with Crippen LogP contribution in [0.2, 0.25) is 5.02 Å². The number of aliphatic carboxylic acids is 1. The van der Waals surface area contributed by atoms with E-state index in [2.05, 4.69) is 4.98 Å². The first-order valence-corrected chi connectivity index (χ1v) is 5.43. The van der Waals surface area contributed by atoms with Gasteiger partial charge in [-0.15, -0.1) is 0 Å². The standard InChI is InChI=1S/C12H11ClN2O2/c1-15(7-11(16)17)12-10-6-9(13)3-2-8(10)4-5-14-12/h2-6H,7H2,1H3,(H,16,17). The largest absolute Gasteiger partial charge is 0.480 e. The molecule has 2 aromatic rings. The number of nitrogens with zero attached hydrogens (tertiary/aromatic N) is 2. The highest BCUT2D eigenvalue weighted by Crippen LogP contribution is 2.26. The topological polar surface area (TPSA) is 53.4 Å². The van der Waals surface area contributed by atoms with Crippen molar-refractivity contribution >= 4 is 34.2 Å². The number of hydrogen-bond acceptors (Lipinski definition) is 3. The highest BCUT2D eigenvalue weighted by Gasteiger charge is 2.10. The second kappa shape index (κ2) is 4.59. The Morgan fingerprint density at radius 1 is 1.47 bits per heavy atom. The lowest BCUT2D eigenvalue weighted by Crippen LogP contribution is -2.26. The molecule has 17 heavy (non-hydrogen) atoms. The van der Waals surface area contributed by atoms with Gasteiger partial charge in [0, 0.05) is 23.7 Å². The van der Waals surface area contributed by atoms with E-state index in [-0.39, 0.29) is 6.54 Å². The fraction of sp³-hybridized carbons (Fsp3) is 0.167. The van der Waals surface area contributed by atoms with Crippen molar-refractivity contribution in [2.75, 3.05) is 18.5 Å². The Kier molecular flexibility index (Phi) is 3.15. The van der Waals surface area contributed by atoms with Crippen LogP contribution in [0.4, 0.5) is 5.82 Å². The van der Waals surface area contributed by atoms with Gasteiger partial charge in [0.05, 0.1) is 0 Å². The molecule has 1 aromatic carbocycles. The quantitative estimate of drug-likeness (QED) is 0.909. The summed E-state index contributed by atoms with van der Waals surface area (Å²) >= 11 is 5.94. The predicted molar refractivity (Wildman–Crippen MR) is 67.7 cm³/mol. The van der Waals surface area contributed by atoms with Crippen LogP contribution >= 0.6 is 11.6 Å². The van der Waals surface area contributed by atoms with E-state index in [4.69, 9.17) is 16.7 Å². The summed E-state index contributed by atoms with van der Waals surface area (Å²) in [5, 5.41) is 11.2. The number of rotatable bonds is 3. The maximum Gasteiger partial charge on any atom is 0.323 e. The molecule has 0 aliphatic heterocycles. The zero-order valence-corrected chi connectivity index (χ0v) is 9.98. The molecule has 0 radical (unpaired) electrons. The Morgan fingerprint density at radius 2 is 2.24 bits per heavy atom. The van der Waals surface area contributed by atoms with Gasteiger partial charge in [-0.05, 0) is 23.6 Å². The fourth-order valence-corrected chi connectivity index (χ4v) is 1.88. The van der Waals surface area contributed by atoms with Crippen LogP contribution in [-0.4, -0.2) is 29.7 Å². The minimum Gasteiger partial charge on any atom is -0.480 e. The monoisotopic (exact) mass is 250 g/mol. The van der Waals surface area contributed by atoms with Crippen molar-refractivity contribution in [1.29, 1.82) is 0 Å². The van der Waals surface area contributed by atoms with Crippen LogP contribution in [0.1, 0.15) is 0 Å². The third-order valence-electron chi connectivity index (χ3n) is 2.44. The average Bonchev–Trinajstić information content (AvgIpc) is 2.27. The molecule has 0 fully saturated rings. The molecule has 0 amide bonds. The number of aromatic nitrogens is 1. The highest BCUT2D eigenvalue weighted by molar-refractivity contribution is 6.31. The van der Waals surface area contributed by atoms with E-state index in [0.717, 1.165) is 10.8 Å². The third kappa shape index (κ3) is 2.47. The smallest absolute Gasteiger partial charge is 0.323 e. The number of carboxylic acid groups (broad SMARTS) is 1. The van der Waals surface area contributed by atoms with Gasteiger partial charge in [0.15, 0.2) is 0 Å². The Morgan fingerprint density at radius 3 is 2.94 bits per heavy atom. The van der Waals surface area contributed by atoms with Gasteiger partial charge >= 0.3 is 5.97 Å². The van der Waals surface area contributed by atoms with E-state index < -0.39 is 5.97 Å². The van der Waals surface area contributed by atoms with Crippen LogP contribution in [0, 0.1) is 0 Å². The van der Waals surface area contributed by atoms with Crippen molar-refractivity contribution in [3.8, 4) is 0 Å². The van der Waals surface area contributed by atoms with Gasteiger partial charge in [-0.3, -0.25) is 4.79 Å². The van der Waals surface area contributed by atoms with Gasteiger partial charge in [-0.25, -0.2) is 4.98 Å². The molecule has 2 rings (SSSR count). The molecule has 0 saturated heterocycles. The molecule has 1 aromatic heterocycles. The van der Waals surface area contributed by atoms with Gasteiger partial charge in [-0.2, -0.15) is 0 Å². The maximum absolute atomic E-state index is 10.7. The summed E-state index contributed by atoms with van der Waals surface area (Å²) in [6, 6.07) is 7.34. The lowest BCUT2D eigenvalue weighted by atomic mass is 10.1. The number of carbonyl (C=O) groups is 1. The first-order valence-electron chi connectivity index (χ1n) is 5.05. The third-order valence-corrected chi connectivity index (χ3v) is 2.68. The first kappa shape index (κ1) is 11.7. The second-order valence-corrected chi connectivity index (χ2v) is 4.19. The Bertz CT molecular complexity index is 571. The molecule has 88 valence electrons. The second-order valence-electron chi connectivity index (χ2n) is 3.75. The number of fused-ring (bicyclic) bond motifs is 1. The number of benzene rings is 1. The number of halogens is 1. The Labute approximate surface area is 103 Å². The number of carboxylic acids is 1. The maximum atomic E-state index is 10.7. The molecule has 4 nitrogen and oxygen atoms in total. The first-order chi connectivity index (χ1) is 8.08. The van der Waals surface area contributed by atoms with Crippen LogP contribution in [-0.2, 0) is 4.79 Å². The van der Waals surface area contributed by atoms with Crippen molar-refractivity contribution < 1.29 is 9.90 Å². The van der Waals surface area contributed by atoms with Crippen LogP contribution in [0.15, 0.2) is 30.5 Å². The highest BCUT2D eigenvalue weighted by atomic mass is 35.5. The lowest BCUT2D eigenvalue weighted by molar-refractivity contribution is -0.135. The van der Waals surface area contributed by atoms with Gasteiger partial charge in [0.1, 0.15) is 12.4 Å². The van der Waals surface area contributed by atoms with Crippen molar-refractivity contribution in [1.82, 2.24) is 4.98 Å². The average molecular weight is 251 g/mol. The van der Waals surface area contributed by atoms with Crippen molar-refractivity contribution in [2.45, 2.75) is 0 Å². The number of anilines is 1. The summed E-state index contributed by atoms with van der Waals surface area (Å²) in [5.74, 6) is -0.277. The number of pyridine rings is 1. The molecule has 1 heterocycles. The minimum atomic E-state index is -0.895. The molecule has 0 bridgehead atoms. The summed E-state index contributed by atoms with van der Waals surface area (Å²) < 4.78 is 0. The van der Waals surface area contributed by atoms with Crippen molar-refractivity contribution in [3.05, 3.63) is 35.5 Å². The molecule has 0 unspecified atom stereocenters. The minimum absolute atomic E-state index is 0.0986. The van der Waals surface area contributed by atoms with Gasteiger partial charge in [0.2, 0.25) is 0 Å². The molecule has 0 aliphatic rings. The molecule has 0 aliphatic carbocycles. The summed E-state index contributed by atoms with van der Waals surface area (Å²) in [4.78, 5) is 16.5. The van der Waals surface area contributed by atoms with E-state index >= 15 is 0 Å². The summed E-state index contributed by atoms with van der Waals surface area (Å²) in [7, 11) is 1.69. The van der Waals surface area contributed by atoms with Crippen LogP contribution in [0.3, 0.4) is 0 Å². The molecule has 0 saturated carbocycles. The molecule has 5 heteroatoms. The summed E-state index contributed by atoms with van der Waals surface area (Å²) in [6.45, 7) is -0.0986. The number of likely N-dealkylation sites (N-methyl/N-ethyl adjacent to an activating group) is 1. The molecule has 0 atom stereocenters. The Hall–Kier alpha value is -1.81. The van der Waals surface area contributed by atoms with Gasteiger partial charge in [-0.1, -0.05) is 17.7 Å². The van der Waals surface area contributed by atoms with E-state index in [1.165, 1.54) is 0 Å². The van der Waals surface area contributed by atoms with Crippen LogP contribution < -0.4 is 4.90 Å². The van der Waals surface area contributed by atoms with Crippen LogP contribution in [0.25, 0.3) is 10.8 Å². The Balaban J connectivity index is 2.52. The zero-order valence-electron chi connectivity index (χ0n) is 9.22. The molecular formula is C12H11ClN2O2. The zero-order chi connectivity index (χ0) is 12.4. The van der Waals surface area contributed by atoms with E-state index in [0.29, 0.717) is 10.8 Å². The van der Waals surface area contributed by atoms with Gasteiger partial charge < -0.3 is 10.0 Å². The summed E-state index contributed by atoms with van der Waals surface area (Å²) in [5.41, 5.74) is 0. The fourth-order valence-electron chi connectivity index (χ4n) is 1.71.